The molecule has 0 aliphatic carbocycles. The molecule has 0 spiro atoms. The molecule has 0 amide bonds. The van der Waals surface area contributed by atoms with Gasteiger partial charge in [0, 0.05) is 11.8 Å². The average molecular weight is 324 g/mol. The first kappa shape index (κ1) is 15.3. The third-order valence-corrected chi connectivity index (χ3v) is 3.65. The summed E-state index contributed by atoms with van der Waals surface area (Å²) in [5.41, 5.74) is 1.97. The molecule has 1 heterocycles. The number of nitrogens with zero attached hydrogens (tertiary/aromatic N) is 1. The minimum Gasteiger partial charge on any atom is -0.489 e. The fourth-order valence-corrected chi connectivity index (χ4v) is 2.38. The van der Waals surface area contributed by atoms with Crippen LogP contribution >= 0.6 is 11.6 Å². The Morgan fingerprint density at radius 2 is 1.83 bits per heavy atom. The van der Waals surface area contributed by atoms with Crippen LogP contribution in [-0.2, 0) is 6.61 Å². The third-order valence-electron chi connectivity index (χ3n) is 3.35. The lowest BCUT2D eigenvalue weighted by molar-refractivity contribution is 0.103. The van der Waals surface area contributed by atoms with Gasteiger partial charge in [0.2, 0.25) is 0 Å². The molecule has 0 N–H and O–H groups in total. The van der Waals surface area contributed by atoms with Gasteiger partial charge in [0.1, 0.15) is 17.5 Å². The van der Waals surface area contributed by atoms with Gasteiger partial charge in [0.15, 0.2) is 5.78 Å². The zero-order chi connectivity index (χ0) is 16.1. The number of pyridine rings is 1. The van der Waals surface area contributed by atoms with E-state index in [1.54, 1.807) is 36.5 Å². The van der Waals surface area contributed by atoms with Gasteiger partial charge in [-0.1, -0.05) is 54.1 Å². The maximum absolute atomic E-state index is 12.5. The maximum atomic E-state index is 12.5. The van der Waals surface area contributed by atoms with Crippen molar-refractivity contribution in [2.75, 3.05) is 0 Å². The van der Waals surface area contributed by atoms with Crippen LogP contribution in [-0.4, -0.2) is 10.8 Å². The second-order valence-corrected chi connectivity index (χ2v) is 5.33. The second kappa shape index (κ2) is 7.07. The Morgan fingerprint density at radius 3 is 2.61 bits per heavy atom. The molecule has 3 rings (SSSR count). The van der Waals surface area contributed by atoms with Crippen molar-refractivity contribution in [1.29, 1.82) is 0 Å². The molecule has 0 radical (unpaired) electrons. The SMILES string of the molecule is O=C(c1cccc(OCc2ccccc2)c1)c1cccnc1Cl. The molecule has 0 fully saturated rings. The van der Waals surface area contributed by atoms with Gasteiger partial charge in [-0.3, -0.25) is 4.79 Å². The number of benzene rings is 2. The second-order valence-electron chi connectivity index (χ2n) is 4.97. The fraction of sp³-hybridized carbons (Fsp3) is 0.0526. The molecule has 2 aromatic carbocycles. The van der Waals surface area contributed by atoms with Crippen molar-refractivity contribution < 1.29 is 9.53 Å². The molecule has 0 bridgehead atoms. The summed E-state index contributed by atoms with van der Waals surface area (Å²) in [4.78, 5) is 16.5. The Morgan fingerprint density at radius 1 is 1.00 bits per heavy atom. The van der Waals surface area contributed by atoms with Gasteiger partial charge in [-0.2, -0.15) is 0 Å². The molecule has 0 saturated heterocycles. The lowest BCUT2D eigenvalue weighted by atomic mass is 10.0. The highest BCUT2D eigenvalue weighted by molar-refractivity contribution is 6.33. The van der Waals surface area contributed by atoms with Crippen LogP contribution in [0, 0.1) is 0 Å². The van der Waals surface area contributed by atoms with Crippen LogP contribution in [0.25, 0.3) is 0 Å². The van der Waals surface area contributed by atoms with Gasteiger partial charge in [-0.05, 0) is 29.8 Å². The number of rotatable bonds is 5. The van der Waals surface area contributed by atoms with E-state index in [1.165, 1.54) is 0 Å². The molecule has 3 aromatic rings. The smallest absolute Gasteiger partial charge is 0.196 e. The number of ether oxygens (including phenoxy) is 1. The van der Waals surface area contributed by atoms with Crippen molar-refractivity contribution in [3.05, 3.63) is 94.8 Å². The van der Waals surface area contributed by atoms with E-state index >= 15 is 0 Å². The number of hydrogen-bond donors (Lipinski definition) is 0. The molecule has 0 atom stereocenters. The minimum atomic E-state index is -0.173. The van der Waals surface area contributed by atoms with E-state index in [4.69, 9.17) is 16.3 Å². The normalized spacial score (nSPS) is 10.3. The summed E-state index contributed by atoms with van der Waals surface area (Å²) in [6.07, 6.45) is 1.55. The zero-order valence-electron chi connectivity index (χ0n) is 12.3. The van der Waals surface area contributed by atoms with E-state index in [1.807, 2.05) is 36.4 Å². The molecule has 3 nitrogen and oxygen atoms in total. The van der Waals surface area contributed by atoms with E-state index in [0.29, 0.717) is 23.5 Å². The lowest BCUT2D eigenvalue weighted by Gasteiger charge is -2.08. The Kier molecular flexibility index (Phi) is 4.69. The van der Waals surface area contributed by atoms with Crippen LogP contribution in [0.4, 0.5) is 0 Å². The van der Waals surface area contributed by atoms with E-state index in [2.05, 4.69) is 4.98 Å². The highest BCUT2D eigenvalue weighted by atomic mass is 35.5. The molecule has 4 heteroatoms. The van der Waals surface area contributed by atoms with E-state index in [0.717, 1.165) is 5.56 Å². The molecule has 0 aliphatic heterocycles. The summed E-state index contributed by atoms with van der Waals surface area (Å²) >= 11 is 5.99. The highest BCUT2D eigenvalue weighted by Crippen LogP contribution is 2.20. The Bertz CT molecular complexity index is 818. The van der Waals surface area contributed by atoms with Crippen LogP contribution in [0.3, 0.4) is 0 Å². The first-order chi connectivity index (χ1) is 11.2. The molecule has 0 saturated carbocycles. The highest BCUT2D eigenvalue weighted by Gasteiger charge is 2.13. The standard InChI is InChI=1S/C19H14ClNO2/c20-19-17(10-5-11-21-19)18(22)15-8-4-9-16(12-15)23-13-14-6-2-1-3-7-14/h1-12H,13H2. The predicted octanol–water partition coefficient (Wildman–Crippen LogP) is 4.55. The summed E-state index contributed by atoms with van der Waals surface area (Å²) in [6, 6.07) is 20.3. The molecule has 0 aliphatic rings. The molecule has 0 unspecified atom stereocenters. The van der Waals surface area contributed by atoms with E-state index in [9.17, 15) is 4.79 Å². The summed E-state index contributed by atoms with van der Waals surface area (Å²) in [5.74, 6) is 0.466. The van der Waals surface area contributed by atoms with Crippen molar-refractivity contribution in [2.45, 2.75) is 6.61 Å². The van der Waals surface area contributed by atoms with Crippen molar-refractivity contribution >= 4 is 17.4 Å². The van der Waals surface area contributed by atoms with Gasteiger partial charge >= 0.3 is 0 Å². The summed E-state index contributed by atoms with van der Waals surface area (Å²) < 4.78 is 5.75. The Labute approximate surface area is 139 Å². The molecular weight excluding hydrogens is 310 g/mol. The number of halogens is 1. The summed E-state index contributed by atoms with van der Waals surface area (Å²) in [7, 11) is 0. The van der Waals surface area contributed by atoms with Crippen LogP contribution in [0.1, 0.15) is 21.5 Å². The maximum Gasteiger partial charge on any atom is 0.196 e. The largest absolute Gasteiger partial charge is 0.489 e. The molecule has 23 heavy (non-hydrogen) atoms. The molecule has 114 valence electrons. The fourth-order valence-electron chi connectivity index (χ4n) is 2.18. The number of aromatic nitrogens is 1. The van der Waals surface area contributed by atoms with Gasteiger partial charge in [-0.25, -0.2) is 4.98 Å². The van der Waals surface area contributed by atoms with Crippen molar-refractivity contribution in [1.82, 2.24) is 4.98 Å². The van der Waals surface area contributed by atoms with Crippen LogP contribution in [0.15, 0.2) is 72.9 Å². The number of carbonyl (C=O) groups excluding carboxylic acids is 1. The van der Waals surface area contributed by atoms with Gasteiger partial charge < -0.3 is 4.74 Å². The Hall–Kier alpha value is -2.65. The van der Waals surface area contributed by atoms with Crippen LogP contribution in [0.2, 0.25) is 5.15 Å². The zero-order valence-corrected chi connectivity index (χ0v) is 13.0. The monoisotopic (exact) mass is 323 g/mol. The van der Waals surface area contributed by atoms with E-state index < -0.39 is 0 Å². The van der Waals surface area contributed by atoms with Crippen LogP contribution < -0.4 is 4.74 Å². The van der Waals surface area contributed by atoms with Crippen molar-refractivity contribution in [3.63, 3.8) is 0 Å². The number of ketones is 1. The lowest BCUT2D eigenvalue weighted by Crippen LogP contribution is -2.04. The topological polar surface area (TPSA) is 39.2 Å². The Balaban J connectivity index is 1.77. The summed E-state index contributed by atoms with van der Waals surface area (Å²) in [6.45, 7) is 0.451. The predicted molar refractivity (Wildman–Crippen MR) is 89.9 cm³/mol. The van der Waals surface area contributed by atoms with Gasteiger partial charge in [-0.15, -0.1) is 0 Å². The average Bonchev–Trinajstić information content (AvgIpc) is 2.61. The molecule has 1 aromatic heterocycles. The first-order valence-electron chi connectivity index (χ1n) is 7.16. The van der Waals surface area contributed by atoms with Crippen molar-refractivity contribution in [3.8, 4) is 5.75 Å². The number of hydrogen-bond acceptors (Lipinski definition) is 3. The van der Waals surface area contributed by atoms with Gasteiger partial charge in [0.05, 0.1) is 5.56 Å². The van der Waals surface area contributed by atoms with Gasteiger partial charge in [0.25, 0.3) is 0 Å². The minimum absolute atomic E-state index is 0.173. The first-order valence-corrected chi connectivity index (χ1v) is 7.54. The quantitative estimate of drug-likeness (QED) is 0.511. The summed E-state index contributed by atoms with van der Waals surface area (Å²) in [5, 5.41) is 0.202. The number of carbonyl (C=O) groups is 1. The van der Waals surface area contributed by atoms with Crippen LogP contribution in [0.5, 0.6) is 5.75 Å². The van der Waals surface area contributed by atoms with E-state index in [-0.39, 0.29) is 10.9 Å². The van der Waals surface area contributed by atoms with Crippen molar-refractivity contribution in [2.24, 2.45) is 0 Å². The third kappa shape index (κ3) is 3.76. The molecular formula is C19H14ClNO2.